The third-order valence-corrected chi connectivity index (χ3v) is 4.96. The molecule has 2 heterocycles. The summed E-state index contributed by atoms with van der Waals surface area (Å²) >= 11 is 5.97. The van der Waals surface area contributed by atoms with E-state index in [1.165, 1.54) is 0 Å². The average molecular weight is 372 g/mol. The van der Waals surface area contributed by atoms with Crippen LogP contribution in [0.25, 0.3) is 11.1 Å². The van der Waals surface area contributed by atoms with Crippen molar-refractivity contribution < 1.29 is 9.32 Å². The maximum atomic E-state index is 13.3. The Morgan fingerprint density at radius 3 is 2.46 bits per heavy atom. The van der Waals surface area contributed by atoms with Gasteiger partial charge in [0.15, 0.2) is 0 Å². The van der Waals surface area contributed by atoms with Gasteiger partial charge in [0.05, 0.1) is 22.7 Å². The second-order valence-electron chi connectivity index (χ2n) is 6.84. The highest BCUT2D eigenvalue weighted by Gasteiger charge is 2.25. The van der Waals surface area contributed by atoms with Crippen LogP contribution in [0.4, 0.5) is 0 Å². The highest BCUT2D eigenvalue weighted by molar-refractivity contribution is 6.30. The first kappa shape index (κ1) is 18.4. The van der Waals surface area contributed by atoms with E-state index >= 15 is 0 Å². The van der Waals surface area contributed by atoms with Crippen LogP contribution in [0.3, 0.4) is 0 Å². The van der Waals surface area contributed by atoms with Gasteiger partial charge in [-0.2, -0.15) is 0 Å². The second-order valence-corrected chi connectivity index (χ2v) is 7.28. The molecule has 136 valence electrons. The molecule has 0 bridgehead atoms. The van der Waals surface area contributed by atoms with E-state index in [9.17, 15) is 4.79 Å². The van der Waals surface area contributed by atoms with E-state index in [0.29, 0.717) is 27.4 Å². The quantitative estimate of drug-likeness (QED) is 0.637. The fourth-order valence-corrected chi connectivity index (χ4v) is 3.03. The largest absolute Gasteiger partial charge is 0.336 e. The van der Waals surface area contributed by atoms with Crippen LogP contribution in [0.5, 0.6) is 0 Å². The summed E-state index contributed by atoms with van der Waals surface area (Å²) in [5.74, 6) is 0.0865. The number of carbonyl (C=O) groups is 1. The zero-order valence-electron chi connectivity index (χ0n) is 15.6. The summed E-state index contributed by atoms with van der Waals surface area (Å²) in [5, 5.41) is 5.34. The molecule has 0 radical (unpaired) electrons. The molecule has 26 heavy (non-hydrogen) atoms. The molecule has 0 aliphatic heterocycles. The highest BCUT2D eigenvalue weighted by atomic mass is 35.5. The number of nitrogens with zero attached hydrogens (tertiary/aromatic N) is 3. The van der Waals surface area contributed by atoms with Crippen molar-refractivity contribution >= 4 is 28.6 Å². The Hall–Kier alpha value is -2.40. The molecule has 0 aliphatic rings. The predicted octanol–water partition coefficient (Wildman–Crippen LogP) is 5.14. The summed E-state index contributed by atoms with van der Waals surface area (Å²) in [6.45, 7) is 7.88. The van der Waals surface area contributed by atoms with Crippen LogP contribution in [0.15, 0.2) is 34.9 Å². The average Bonchev–Trinajstić information content (AvgIpc) is 3.01. The van der Waals surface area contributed by atoms with Gasteiger partial charge in [-0.05, 0) is 43.5 Å². The van der Waals surface area contributed by atoms with Crippen molar-refractivity contribution in [3.05, 3.63) is 57.9 Å². The number of rotatable bonds is 4. The van der Waals surface area contributed by atoms with Crippen molar-refractivity contribution in [3.8, 4) is 0 Å². The van der Waals surface area contributed by atoms with Gasteiger partial charge in [0, 0.05) is 17.8 Å². The first-order valence-electron chi connectivity index (χ1n) is 8.59. The van der Waals surface area contributed by atoms with Crippen molar-refractivity contribution in [2.45, 2.75) is 39.7 Å². The van der Waals surface area contributed by atoms with Crippen molar-refractivity contribution in [2.24, 2.45) is 0 Å². The van der Waals surface area contributed by atoms with Gasteiger partial charge >= 0.3 is 0 Å². The standard InChI is InChI=1S/C20H22ClN3O2/c1-11(2)17-10-16(18-12(3)23-26-19(18)22-17)20(25)24(5)13(4)14-6-8-15(21)9-7-14/h6-11,13H,1-5H3. The maximum Gasteiger partial charge on any atom is 0.259 e. The topological polar surface area (TPSA) is 59.2 Å². The van der Waals surface area contributed by atoms with Crippen LogP contribution < -0.4 is 0 Å². The smallest absolute Gasteiger partial charge is 0.259 e. The maximum absolute atomic E-state index is 13.3. The SMILES string of the molecule is Cc1noc2nc(C(C)C)cc(C(=O)N(C)C(C)c3ccc(Cl)cc3)c12. The molecule has 1 unspecified atom stereocenters. The number of hydrogen-bond acceptors (Lipinski definition) is 4. The number of carbonyl (C=O) groups excluding carboxylic acids is 1. The van der Waals surface area contributed by atoms with Crippen molar-refractivity contribution in [1.82, 2.24) is 15.0 Å². The van der Waals surface area contributed by atoms with Crippen LogP contribution in [0, 0.1) is 6.92 Å². The Balaban J connectivity index is 2.03. The number of benzene rings is 1. The minimum Gasteiger partial charge on any atom is -0.336 e. The number of aromatic nitrogens is 2. The van der Waals surface area contributed by atoms with Gasteiger partial charge in [-0.25, -0.2) is 4.98 Å². The number of amides is 1. The summed E-state index contributed by atoms with van der Waals surface area (Å²) in [5.41, 5.74) is 3.47. The molecule has 0 fully saturated rings. The van der Waals surface area contributed by atoms with E-state index in [2.05, 4.69) is 10.1 Å². The highest BCUT2D eigenvalue weighted by Crippen LogP contribution is 2.28. The zero-order chi connectivity index (χ0) is 19.0. The second kappa shape index (κ2) is 7.08. The van der Waals surface area contributed by atoms with E-state index in [0.717, 1.165) is 11.3 Å². The van der Waals surface area contributed by atoms with Gasteiger partial charge in [0.25, 0.3) is 11.6 Å². The summed E-state index contributed by atoms with van der Waals surface area (Å²) in [6, 6.07) is 9.27. The molecule has 5 nitrogen and oxygen atoms in total. The monoisotopic (exact) mass is 371 g/mol. The van der Waals surface area contributed by atoms with Crippen LogP contribution in [-0.2, 0) is 0 Å². The summed E-state index contributed by atoms with van der Waals surface area (Å²) < 4.78 is 5.32. The van der Waals surface area contributed by atoms with Gasteiger partial charge < -0.3 is 9.42 Å². The van der Waals surface area contributed by atoms with Gasteiger partial charge in [-0.1, -0.05) is 42.7 Å². The van der Waals surface area contributed by atoms with Gasteiger partial charge in [0.2, 0.25) is 0 Å². The lowest BCUT2D eigenvalue weighted by molar-refractivity contribution is 0.0744. The number of aryl methyl sites for hydroxylation is 1. The number of halogens is 1. The molecule has 0 aliphatic carbocycles. The lowest BCUT2D eigenvalue weighted by Gasteiger charge is -2.26. The molecule has 0 saturated heterocycles. The molecule has 6 heteroatoms. The first-order valence-corrected chi connectivity index (χ1v) is 8.97. The lowest BCUT2D eigenvalue weighted by atomic mass is 10.0. The molecule has 0 N–H and O–H groups in total. The molecular weight excluding hydrogens is 350 g/mol. The Labute approximate surface area is 157 Å². The normalized spacial score (nSPS) is 12.6. The van der Waals surface area contributed by atoms with Gasteiger partial charge in [-0.3, -0.25) is 4.79 Å². The molecular formula is C20H22ClN3O2. The van der Waals surface area contributed by atoms with Crippen LogP contribution in [-0.4, -0.2) is 28.0 Å². The molecule has 1 amide bonds. The fraction of sp³-hybridized carbons (Fsp3) is 0.350. The van der Waals surface area contributed by atoms with E-state index in [1.807, 2.05) is 58.0 Å². The Bertz CT molecular complexity index is 948. The van der Waals surface area contributed by atoms with E-state index in [-0.39, 0.29) is 17.9 Å². The Morgan fingerprint density at radius 1 is 1.19 bits per heavy atom. The zero-order valence-corrected chi connectivity index (χ0v) is 16.3. The lowest BCUT2D eigenvalue weighted by Crippen LogP contribution is -2.30. The molecule has 2 aromatic heterocycles. The van der Waals surface area contributed by atoms with E-state index < -0.39 is 0 Å². The third kappa shape index (κ3) is 3.31. The first-order chi connectivity index (χ1) is 12.3. The molecule has 0 spiro atoms. The molecule has 1 atom stereocenters. The van der Waals surface area contributed by atoms with Gasteiger partial charge in [0.1, 0.15) is 0 Å². The van der Waals surface area contributed by atoms with Crippen LogP contribution >= 0.6 is 11.6 Å². The van der Waals surface area contributed by atoms with Gasteiger partial charge in [-0.15, -0.1) is 0 Å². The molecule has 1 aromatic carbocycles. The molecule has 3 aromatic rings. The molecule has 0 saturated carbocycles. The fourth-order valence-electron chi connectivity index (χ4n) is 2.91. The van der Waals surface area contributed by atoms with E-state index in [4.69, 9.17) is 16.1 Å². The van der Waals surface area contributed by atoms with Crippen LogP contribution in [0.1, 0.15) is 60.0 Å². The minimum absolute atomic E-state index is 0.0898. The Kier molecular flexibility index (Phi) is 5.01. The number of pyridine rings is 1. The number of hydrogen-bond donors (Lipinski definition) is 0. The summed E-state index contributed by atoms with van der Waals surface area (Å²) in [7, 11) is 1.80. The summed E-state index contributed by atoms with van der Waals surface area (Å²) in [4.78, 5) is 19.5. The summed E-state index contributed by atoms with van der Waals surface area (Å²) in [6.07, 6.45) is 0. The van der Waals surface area contributed by atoms with Crippen LogP contribution in [0.2, 0.25) is 5.02 Å². The molecule has 3 rings (SSSR count). The Morgan fingerprint density at radius 2 is 1.85 bits per heavy atom. The van der Waals surface area contributed by atoms with E-state index in [1.54, 1.807) is 11.9 Å². The number of fused-ring (bicyclic) bond motifs is 1. The third-order valence-electron chi connectivity index (χ3n) is 4.71. The van der Waals surface area contributed by atoms with Crippen molar-refractivity contribution in [3.63, 3.8) is 0 Å². The minimum atomic E-state index is -0.106. The van der Waals surface area contributed by atoms with Crippen molar-refractivity contribution in [2.75, 3.05) is 7.05 Å². The predicted molar refractivity (Wildman–Crippen MR) is 103 cm³/mol. The van der Waals surface area contributed by atoms with Crippen molar-refractivity contribution in [1.29, 1.82) is 0 Å².